The molecule has 118 valence electrons. The Bertz CT molecular complexity index is 714. The average molecular weight is 321 g/mol. The van der Waals surface area contributed by atoms with Crippen LogP contribution in [0.2, 0.25) is 0 Å². The maximum Gasteiger partial charge on any atom is 0.311 e. The lowest BCUT2D eigenvalue weighted by molar-refractivity contribution is -0.136. The van der Waals surface area contributed by atoms with Crippen LogP contribution in [0.3, 0.4) is 0 Å². The number of thiophene rings is 1. The number of furan rings is 1. The minimum atomic E-state index is -1.03. The lowest BCUT2D eigenvalue weighted by atomic mass is 10.1. The van der Waals surface area contributed by atoms with Crippen LogP contribution in [0.25, 0.3) is 0 Å². The molecule has 0 aliphatic heterocycles. The minimum Gasteiger partial charge on any atom is -0.481 e. The van der Waals surface area contributed by atoms with Crippen molar-refractivity contribution in [2.24, 2.45) is 0 Å². The van der Waals surface area contributed by atoms with Gasteiger partial charge in [-0.1, -0.05) is 0 Å². The quantitative estimate of drug-likeness (QED) is 0.884. The Morgan fingerprint density at radius 3 is 2.59 bits per heavy atom. The van der Waals surface area contributed by atoms with Crippen molar-refractivity contribution in [1.82, 2.24) is 5.32 Å². The summed E-state index contributed by atoms with van der Waals surface area (Å²) < 4.78 is 5.20. The zero-order chi connectivity index (χ0) is 16.4. The van der Waals surface area contributed by atoms with Crippen LogP contribution in [0, 0.1) is 20.8 Å². The summed E-state index contributed by atoms with van der Waals surface area (Å²) in [4.78, 5) is 25.7. The van der Waals surface area contributed by atoms with E-state index in [-0.39, 0.29) is 24.1 Å². The van der Waals surface area contributed by atoms with E-state index in [2.05, 4.69) is 11.4 Å². The summed E-state index contributed by atoms with van der Waals surface area (Å²) in [6.07, 6.45) is 1.11. The molecule has 22 heavy (non-hydrogen) atoms. The molecule has 2 N–H and O–H groups in total. The van der Waals surface area contributed by atoms with Crippen LogP contribution in [-0.2, 0) is 11.2 Å². The molecule has 0 bridgehead atoms. The maximum atomic E-state index is 12.5. The number of aryl methyl sites for hydroxylation is 3. The largest absolute Gasteiger partial charge is 0.481 e. The Morgan fingerprint density at radius 2 is 2.05 bits per heavy atom. The van der Waals surface area contributed by atoms with E-state index in [1.54, 1.807) is 18.3 Å². The monoisotopic (exact) mass is 321 g/mol. The summed E-state index contributed by atoms with van der Waals surface area (Å²) >= 11 is 1.69. The van der Waals surface area contributed by atoms with E-state index in [0.717, 1.165) is 5.56 Å². The third kappa shape index (κ3) is 3.39. The molecular weight excluding hydrogens is 302 g/mol. The smallest absolute Gasteiger partial charge is 0.311 e. The van der Waals surface area contributed by atoms with Gasteiger partial charge in [0.2, 0.25) is 0 Å². The molecule has 0 aliphatic rings. The third-order valence-corrected chi connectivity index (χ3v) is 4.47. The predicted molar refractivity (Wildman–Crippen MR) is 84.5 cm³/mol. The number of amides is 1. The Hall–Kier alpha value is -2.08. The Morgan fingerprint density at radius 1 is 1.36 bits per heavy atom. The molecule has 2 heterocycles. The zero-order valence-corrected chi connectivity index (χ0v) is 13.8. The van der Waals surface area contributed by atoms with Crippen molar-refractivity contribution >= 4 is 23.2 Å². The van der Waals surface area contributed by atoms with Crippen LogP contribution in [0.15, 0.2) is 16.7 Å². The van der Waals surface area contributed by atoms with E-state index in [1.807, 2.05) is 20.8 Å². The molecule has 0 radical (unpaired) electrons. The van der Waals surface area contributed by atoms with Crippen molar-refractivity contribution in [2.75, 3.05) is 0 Å². The third-order valence-electron chi connectivity index (χ3n) is 3.48. The van der Waals surface area contributed by atoms with Gasteiger partial charge >= 0.3 is 5.97 Å². The Kier molecular flexibility index (Phi) is 4.71. The molecule has 0 spiro atoms. The number of hydrogen-bond donors (Lipinski definition) is 2. The second-order valence-electron chi connectivity index (χ2n) is 5.35. The molecule has 1 amide bonds. The highest BCUT2D eigenvalue weighted by Crippen LogP contribution is 2.27. The van der Waals surface area contributed by atoms with Gasteiger partial charge in [-0.15, -0.1) is 11.3 Å². The van der Waals surface area contributed by atoms with Gasteiger partial charge in [0.15, 0.2) is 0 Å². The minimum absolute atomic E-state index is 0.149. The average Bonchev–Trinajstić information content (AvgIpc) is 2.91. The molecule has 0 aliphatic carbocycles. The molecule has 1 unspecified atom stereocenters. The first kappa shape index (κ1) is 16.3. The number of carboxylic acid groups (broad SMARTS) is 1. The van der Waals surface area contributed by atoms with Crippen molar-refractivity contribution < 1.29 is 19.1 Å². The SMILES string of the molecule is Cc1cc(C(C)NC(=O)c2c(C)coc2CC(=O)O)c(C)s1. The normalized spacial score (nSPS) is 12.2. The number of nitrogens with one attached hydrogen (secondary N) is 1. The van der Waals surface area contributed by atoms with Crippen LogP contribution in [0.5, 0.6) is 0 Å². The summed E-state index contributed by atoms with van der Waals surface area (Å²) in [5, 5.41) is 11.8. The summed E-state index contributed by atoms with van der Waals surface area (Å²) in [5.41, 5.74) is 2.04. The molecule has 2 aromatic heterocycles. The molecule has 0 saturated carbocycles. The standard InChI is InChI=1S/C16H19NO4S/c1-8-7-21-13(6-14(18)19)15(8)16(20)17-10(3)12-5-9(2)22-11(12)4/h5,7,10H,6H2,1-4H3,(H,17,20)(H,18,19). The maximum absolute atomic E-state index is 12.5. The molecule has 0 aromatic carbocycles. The van der Waals surface area contributed by atoms with Gasteiger partial charge in [0.1, 0.15) is 12.2 Å². The number of rotatable bonds is 5. The first-order valence-electron chi connectivity index (χ1n) is 6.96. The second kappa shape index (κ2) is 6.36. The molecule has 6 heteroatoms. The van der Waals surface area contributed by atoms with E-state index in [1.165, 1.54) is 16.0 Å². The van der Waals surface area contributed by atoms with Crippen LogP contribution in [0.4, 0.5) is 0 Å². The number of hydrogen-bond acceptors (Lipinski definition) is 4. The fourth-order valence-corrected chi connectivity index (χ4v) is 3.52. The molecule has 5 nitrogen and oxygen atoms in total. The van der Waals surface area contributed by atoms with E-state index in [9.17, 15) is 9.59 Å². The van der Waals surface area contributed by atoms with Gasteiger partial charge in [0, 0.05) is 15.3 Å². The zero-order valence-electron chi connectivity index (χ0n) is 13.0. The summed E-state index contributed by atoms with van der Waals surface area (Å²) in [7, 11) is 0. The predicted octanol–water partition coefficient (Wildman–Crippen LogP) is 3.38. The van der Waals surface area contributed by atoms with Gasteiger partial charge < -0.3 is 14.8 Å². The van der Waals surface area contributed by atoms with Crippen LogP contribution in [-0.4, -0.2) is 17.0 Å². The van der Waals surface area contributed by atoms with Gasteiger partial charge in [-0.25, -0.2) is 0 Å². The highest BCUT2D eigenvalue weighted by Gasteiger charge is 2.22. The van der Waals surface area contributed by atoms with Crippen LogP contribution < -0.4 is 5.32 Å². The van der Waals surface area contributed by atoms with Gasteiger partial charge in [0.05, 0.1) is 17.9 Å². The van der Waals surface area contributed by atoms with Crippen LogP contribution >= 0.6 is 11.3 Å². The molecule has 2 aromatic rings. The molecule has 0 saturated heterocycles. The van der Waals surface area contributed by atoms with E-state index < -0.39 is 5.97 Å². The first-order valence-corrected chi connectivity index (χ1v) is 7.77. The number of carbonyl (C=O) groups is 2. The van der Waals surface area contributed by atoms with Crippen molar-refractivity contribution in [3.63, 3.8) is 0 Å². The van der Waals surface area contributed by atoms with Gasteiger partial charge in [-0.3, -0.25) is 9.59 Å². The van der Waals surface area contributed by atoms with Gasteiger partial charge in [0.25, 0.3) is 5.91 Å². The highest BCUT2D eigenvalue weighted by atomic mass is 32.1. The molecular formula is C16H19NO4S. The van der Waals surface area contributed by atoms with Crippen molar-refractivity contribution in [2.45, 2.75) is 40.2 Å². The molecule has 1 atom stereocenters. The number of carbonyl (C=O) groups excluding carboxylic acids is 1. The fourth-order valence-electron chi connectivity index (χ4n) is 2.50. The molecule has 0 fully saturated rings. The van der Waals surface area contributed by atoms with E-state index in [4.69, 9.17) is 9.52 Å². The van der Waals surface area contributed by atoms with E-state index in [0.29, 0.717) is 11.1 Å². The van der Waals surface area contributed by atoms with E-state index >= 15 is 0 Å². The van der Waals surface area contributed by atoms with Crippen LogP contribution in [0.1, 0.15) is 50.0 Å². The fraction of sp³-hybridized carbons (Fsp3) is 0.375. The number of carboxylic acids is 1. The van der Waals surface area contributed by atoms with Crippen molar-refractivity contribution in [1.29, 1.82) is 0 Å². The van der Waals surface area contributed by atoms with Crippen molar-refractivity contribution in [3.8, 4) is 0 Å². The van der Waals surface area contributed by atoms with Crippen molar-refractivity contribution in [3.05, 3.63) is 44.5 Å². The summed E-state index contributed by atoms with van der Waals surface area (Å²) in [6.45, 7) is 7.70. The Labute approximate surface area is 133 Å². The second-order valence-corrected chi connectivity index (χ2v) is 6.81. The Balaban J connectivity index is 2.20. The molecule has 2 rings (SSSR count). The first-order chi connectivity index (χ1) is 10.3. The summed E-state index contributed by atoms with van der Waals surface area (Å²) in [5.74, 6) is -1.15. The highest BCUT2D eigenvalue weighted by molar-refractivity contribution is 7.12. The van der Waals surface area contributed by atoms with Gasteiger partial charge in [-0.2, -0.15) is 0 Å². The summed E-state index contributed by atoms with van der Waals surface area (Å²) in [6, 6.07) is 1.91. The lowest BCUT2D eigenvalue weighted by Gasteiger charge is -2.14. The lowest BCUT2D eigenvalue weighted by Crippen LogP contribution is -2.28. The topological polar surface area (TPSA) is 79.5 Å². The van der Waals surface area contributed by atoms with Gasteiger partial charge in [-0.05, 0) is 39.3 Å². The number of aliphatic carboxylic acids is 1.